The van der Waals surface area contributed by atoms with E-state index in [0.29, 0.717) is 0 Å². The van der Waals surface area contributed by atoms with Crippen molar-refractivity contribution in [2.75, 3.05) is 18.2 Å². The number of amidine groups is 1. The molecule has 0 fully saturated rings. The lowest BCUT2D eigenvalue weighted by Crippen LogP contribution is -2.25. The quantitative estimate of drug-likeness (QED) is 0.466. The molecule has 2 N–H and O–H groups in total. The predicted molar refractivity (Wildman–Crippen MR) is 97.1 cm³/mol. The Bertz CT molecular complexity index is 427. The Morgan fingerprint density at radius 3 is 2.26 bits per heavy atom. The highest BCUT2D eigenvalue weighted by Gasteiger charge is 2.16. The van der Waals surface area contributed by atoms with E-state index in [2.05, 4.69) is 36.3 Å². The summed E-state index contributed by atoms with van der Waals surface area (Å²) in [7, 11) is 0. The second kappa shape index (κ2) is 8.11. The molecule has 0 aromatic heterocycles. The lowest BCUT2D eigenvalue weighted by atomic mass is 10.1. The maximum Gasteiger partial charge on any atom is 0.161 e. The lowest BCUT2D eigenvalue weighted by Gasteiger charge is -2.20. The second-order valence-electron chi connectivity index (χ2n) is 4.98. The van der Waals surface area contributed by atoms with Gasteiger partial charge in [-0.1, -0.05) is 30.0 Å². The molecule has 5 heteroatoms. The van der Waals surface area contributed by atoms with Crippen molar-refractivity contribution in [3.8, 4) is 0 Å². The van der Waals surface area contributed by atoms with Crippen molar-refractivity contribution in [3.63, 3.8) is 0 Å². The Balaban J connectivity index is 0.00000324. The molecule has 1 aromatic rings. The maximum absolute atomic E-state index is 9.27. The molecule has 0 aliphatic carbocycles. The van der Waals surface area contributed by atoms with Crippen LogP contribution < -0.4 is 5.32 Å². The van der Waals surface area contributed by atoms with Gasteiger partial charge in [0.15, 0.2) is 5.17 Å². The van der Waals surface area contributed by atoms with Gasteiger partial charge < -0.3 is 10.4 Å². The van der Waals surface area contributed by atoms with Crippen LogP contribution in [0, 0.1) is 13.8 Å². The normalized spacial score (nSPS) is 12.0. The Kier molecular flexibility index (Phi) is 8.00. The van der Waals surface area contributed by atoms with Crippen LogP contribution in [0.3, 0.4) is 0 Å². The molecule has 1 rings (SSSR count). The zero-order chi connectivity index (χ0) is 13.8. The summed E-state index contributed by atoms with van der Waals surface area (Å²) >= 11 is 1.55. The highest BCUT2D eigenvalue weighted by atomic mass is 127. The number of aliphatic hydroxyl groups is 1. The molecule has 0 saturated carbocycles. The number of hydrogen-bond acceptors (Lipinski definition) is 3. The van der Waals surface area contributed by atoms with E-state index in [0.717, 1.165) is 10.9 Å². The molecule has 3 nitrogen and oxygen atoms in total. The predicted octanol–water partition coefficient (Wildman–Crippen LogP) is 3.82. The Morgan fingerprint density at radius 2 is 1.84 bits per heavy atom. The van der Waals surface area contributed by atoms with Gasteiger partial charge in [-0.15, -0.1) is 24.0 Å². The number of halogens is 1. The van der Waals surface area contributed by atoms with Crippen LogP contribution in [0.4, 0.5) is 5.69 Å². The number of aryl methyl sites for hydroxylation is 2. The molecular weight excluding hydrogens is 371 g/mol. The van der Waals surface area contributed by atoms with E-state index in [4.69, 9.17) is 0 Å². The molecule has 108 valence electrons. The van der Waals surface area contributed by atoms with Crippen LogP contribution in [0.2, 0.25) is 0 Å². The highest BCUT2D eigenvalue weighted by Crippen LogP contribution is 2.22. The van der Waals surface area contributed by atoms with Crippen molar-refractivity contribution in [1.82, 2.24) is 0 Å². The van der Waals surface area contributed by atoms with Crippen LogP contribution in [-0.2, 0) is 0 Å². The summed E-state index contributed by atoms with van der Waals surface area (Å²) in [5, 5.41) is 13.5. The van der Waals surface area contributed by atoms with E-state index >= 15 is 0 Å². The number of nitrogens with zero attached hydrogens (tertiary/aromatic N) is 1. The smallest absolute Gasteiger partial charge is 0.161 e. The van der Waals surface area contributed by atoms with Crippen molar-refractivity contribution < 1.29 is 5.11 Å². The average Bonchev–Trinajstić information content (AvgIpc) is 2.32. The van der Waals surface area contributed by atoms with Gasteiger partial charge in [-0.2, -0.15) is 0 Å². The number of thioether (sulfide) groups is 1. The number of aliphatic imine (C=N–C) groups is 1. The van der Waals surface area contributed by atoms with Crippen LogP contribution in [0.1, 0.15) is 25.0 Å². The van der Waals surface area contributed by atoms with Gasteiger partial charge in [-0.25, -0.2) is 0 Å². The van der Waals surface area contributed by atoms with E-state index in [9.17, 15) is 5.11 Å². The summed E-state index contributed by atoms with van der Waals surface area (Å²) in [5.41, 5.74) is 3.03. The van der Waals surface area contributed by atoms with Crippen LogP contribution in [0.15, 0.2) is 23.2 Å². The van der Waals surface area contributed by atoms with Gasteiger partial charge >= 0.3 is 0 Å². The van der Waals surface area contributed by atoms with Crippen molar-refractivity contribution >= 4 is 46.6 Å². The Morgan fingerprint density at radius 1 is 1.32 bits per heavy atom. The summed E-state index contributed by atoms with van der Waals surface area (Å²) < 4.78 is 0. The Hall–Kier alpha value is -0.270. The zero-order valence-electron chi connectivity index (χ0n) is 12.2. The average molecular weight is 394 g/mol. The van der Waals surface area contributed by atoms with Crippen LogP contribution in [0.25, 0.3) is 0 Å². The third-order valence-electron chi connectivity index (χ3n) is 2.70. The van der Waals surface area contributed by atoms with E-state index in [1.54, 1.807) is 11.8 Å². The number of benzene rings is 1. The lowest BCUT2D eigenvalue weighted by molar-refractivity contribution is 0.223. The molecule has 0 saturated heterocycles. The van der Waals surface area contributed by atoms with Crippen LogP contribution >= 0.6 is 35.7 Å². The van der Waals surface area contributed by atoms with Crippen molar-refractivity contribution in [2.45, 2.75) is 33.2 Å². The second-order valence-corrected chi connectivity index (χ2v) is 5.78. The molecular formula is C14H23IN2OS. The zero-order valence-corrected chi connectivity index (χ0v) is 15.3. The minimum absolute atomic E-state index is 0. The third-order valence-corrected chi connectivity index (χ3v) is 3.28. The van der Waals surface area contributed by atoms with Crippen LogP contribution in [0.5, 0.6) is 0 Å². The summed E-state index contributed by atoms with van der Waals surface area (Å²) in [4.78, 5) is 4.54. The van der Waals surface area contributed by atoms with E-state index in [1.165, 1.54) is 11.1 Å². The molecule has 0 radical (unpaired) electrons. The topological polar surface area (TPSA) is 44.6 Å². The standard InChI is InChI=1S/C14H22N2OS.HI/c1-10-7-6-8-11(2)12(10)15-13(18-5)16-14(3,4)9-17;/h6-8,17H,9H2,1-5H3,(H,15,16);1H. The molecule has 0 bridgehead atoms. The summed E-state index contributed by atoms with van der Waals surface area (Å²) in [6.07, 6.45) is 1.98. The van der Waals surface area contributed by atoms with Gasteiger partial charge in [-0.05, 0) is 45.1 Å². The molecule has 0 atom stereocenters. The number of hydrogen-bond donors (Lipinski definition) is 2. The fourth-order valence-electron chi connectivity index (χ4n) is 1.55. The van der Waals surface area contributed by atoms with Gasteiger partial charge in [0.05, 0.1) is 12.1 Å². The summed E-state index contributed by atoms with van der Waals surface area (Å²) in [6, 6.07) is 6.19. The van der Waals surface area contributed by atoms with Crippen molar-refractivity contribution in [1.29, 1.82) is 0 Å². The number of rotatable bonds is 3. The molecule has 0 amide bonds. The molecule has 0 unspecified atom stereocenters. The number of nitrogens with one attached hydrogen (secondary N) is 1. The number of para-hydroxylation sites is 1. The minimum Gasteiger partial charge on any atom is -0.394 e. The van der Waals surface area contributed by atoms with Gasteiger partial charge in [0.1, 0.15) is 0 Å². The fraction of sp³-hybridized carbons (Fsp3) is 0.500. The first-order chi connectivity index (χ1) is 8.39. The molecule has 0 heterocycles. The molecule has 1 aromatic carbocycles. The molecule has 0 aliphatic heterocycles. The van der Waals surface area contributed by atoms with Gasteiger partial charge in [-0.3, -0.25) is 4.99 Å². The SMILES string of the molecule is CSC(=NC(C)(C)CO)Nc1c(C)cccc1C.I. The third kappa shape index (κ3) is 5.71. The van der Waals surface area contributed by atoms with Gasteiger partial charge in [0.25, 0.3) is 0 Å². The largest absolute Gasteiger partial charge is 0.394 e. The summed E-state index contributed by atoms with van der Waals surface area (Å²) in [6.45, 7) is 8.01. The fourth-order valence-corrected chi connectivity index (χ4v) is 2.10. The van der Waals surface area contributed by atoms with Gasteiger partial charge in [0, 0.05) is 5.69 Å². The van der Waals surface area contributed by atoms with Crippen molar-refractivity contribution in [2.24, 2.45) is 4.99 Å². The first-order valence-electron chi connectivity index (χ1n) is 5.97. The van der Waals surface area contributed by atoms with E-state index in [1.807, 2.05) is 26.2 Å². The van der Waals surface area contributed by atoms with Crippen LogP contribution in [-0.4, -0.2) is 28.7 Å². The summed E-state index contributed by atoms with van der Waals surface area (Å²) in [5.74, 6) is 0. The van der Waals surface area contributed by atoms with Crippen molar-refractivity contribution in [3.05, 3.63) is 29.3 Å². The highest BCUT2D eigenvalue weighted by molar-refractivity contribution is 14.0. The molecule has 0 spiro atoms. The monoisotopic (exact) mass is 394 g/mol. The first kappa shape index (κ1) is 18.7. The maximum atomic E-state index is 9.27. The Labute approximate surface area is 137 Å². The van der Waals surface area contributed by atoms with E-state index < -0.39 is 5.54 Å². The number of anilines is 1. The minimum atomic E-state index is -0.456. The molecule has 19 heavy (non-hydrogen) atoms. The first-order valence-corrected chi connectivity index (χ1v) is 7.20. The van der Waals surface area contributed by atoms with Gasteiger partial charge in [0.2, 0.25) is 0 Å². The number of aliphatic hydroxyl groups excluding tert-OH is 1. The van der Waals surface area contributed by atoms with E-state index in [-0.39, 0.29) is 30.6 Å². The molecule has 0 aliphatic rings.